The van der Waals surface area contributed by atoms with Crippen molar-refractivity contribution in [1.29, 1.82) is 0 Å². The number of benzene rings is 3. The van der Waals surface area contributed by atoms with Crippen LogP contribution in [0.2, 0.25) is 0 Å². The lowest BCUT2D eigenvalue weighted by Crippen LogP contribution is -2.20. The maximum absolute atomic E-state index is 12.9. The average Bonchev–Trinajstić information content (AvgIpc) is 2.62. The van der Waals surface area contributed by atoms with Gasteiger partial charge in [-0.1, -0.05) is 91.0 Å². The topological polar surface area (TPSA) is 17.1 Å². The maximum atomic E-state index is 12.9. The number of hydrogen-bond acceptors (Lipinski definition) is 1. The Morgan fingerprint density at radius 3 is 1.61 bits per heavy atom. The highest BCUT2D eigenvalue weighted by atomic mass is 31.1. The molecule has 0 fully saturated rings. The van der Waals surface area contributed by atoms with Crippen molar-refractivity contribution in [2.75, 3.05) is 0 Å². The Bertz CT molecular complexity index is 867. The van der Waals surface area contributed by atoms with Crippen LogP contribution in [0.15, 0.2) is 91.0 Å². The van der Waals surface area contributed by atoms with Crippen LogP contribution in [0.5, 0.6) is 0 Å². The standard InChI is InChI=1S/C21H15OP/c22-21-19(16-10-4-1-5-11-16)20(17-12-6-2-7-13-17)23(21)18-14-8-3-9-15-18/h1-15H. The zero-order chi connectivity index (χ0) is 15.6. The normalized spacial score (nSPS) is 17.0. The second kappa shape index (κ2) is 5.95. The van der Waals surface area contributed by atoms with Crippen molar-refractivity contribution < 1.29 is 4.79 Å². The van der Waals surface area contributed by atoms with Gasteiger partial charge >= 0.3 is 0 Å². The highest BCUT2D eigenvalue weighted by molar-refractivity contribution is 7.95. The fraction of sp³-hybridized carbons (Fsp3) is 0. The summed E-state index contributed by atoms with van der Waals surface area (Å²) < 4.78 is 0. The van der Waals surface area contributed by atoms with E-state index in [1.807, 2.05) is 66.7 Å². The first-order valence-electron chi connectivity index (χ1n) is 7.61. The van der Waals surface area contributed by atoms with Gasteiger partial charge in [-0.25, -0.2) is 0 Å². The summed E-state index contributed by atoms with van der Waals surface area (Å²) in [5, 5.41) is 2.33. The lowest BCUT2D eigenvalue weighted by atomic mass is 10.0. The van der Waals surface area contributed by atoms with Gasteiger partial charge in [0, 0.05) is 18.8 Å². The zero-order valence-corrected chi connectivity index (χ0v) is 13.4. The van der Waals surface area contributed by atoms with Crippen LogP contribution in [-0.4, -0.2) is 5.52 Å². The van der Waals surface area contributed by atoms with Crippen LogP contribution in [-0.2, 0) is 4.79 Å². The summed E-state index contributed by atoms with van der Waals surface area (Å²) in [6.07, 6.45) is 0. The van der Waals surface area contributed by atoms with Crippen LogP contribution in [0.25, 0.3) is 10.9 Å². The second-order valence-corrected chi connectivity index (χ2v) is 7.47. The molecule has 0 saturated heterocycles. The molecule has 0 radical (unpaired) electrons. The lowest BCUT2D eigenvalue weighted by molar-refractivity contribution is -0.106. The molecule has 4 rings (SSSR count). The highest BCUT2D eigenvalue weighted by Gasteiger charge is 2.41. The summed E-state index contributed by atoms with van der Waals surface area (Å²) in [7, 11) is -0.916. The zero-order valence-electron chi connectivity index (χ0n) is 12.5. The van der Waals surface area contributed by atoms with E-state index in [4.69, 9.17) is 0 Å². The van der Waals surface area contributed by atoms with Crippen LogP contribution >= 0.6 is 7.92 Å². The van der Waals surface area contributed by atoms with Crippen molar-refractivity contribution in [2.24, 2.45) is 0 Å². The predicted octanol–water partition coefficient (Wildman–Crippen LogP) is 4.90. The molecule has 0 spiro atoms. The van der Waals surface area contributed by atoms with Crippen molar-refractivity contribution in [1.82, 2.24) is 0 Å². The molecule has 3 aromatic carbocycles. The number of rotatable bonds is 3. The molecule has 0 amide bonds. The molecule has 1 unspecified atom stereocenters. The molecule has 3 aromatic rings. The molecule has 110 valence electrons. The molecule has 0 saturated carbocycles. The smallest absolute Gasteiger partial charge is 0.194 e. The molecular weight excluding hydrogens is 299 g/mol. The average molecular weight is 314 g/mol. The monoisotopic (exact) mass is 314 g/mol. The number of carbonyl (C=O) groups is 1. The summed E-state index contributed by atoms with van der Waals surface area (Å²) in [5.74, 6) is 0. The molecule has 0 aromatic heterocycles. The summed E-state index contributed by atoms with van der Waals surface area (Å²) in [5.41, 5.74) is 3.33. The summed E-state index contributed by atoms with van der Waals surface area (Å²) in [4.78, 5) is 12.9. The molecule has 1 aliphatic rings. The molecule has 1 atom stereocenters. The van der Waals surface area contributed by atoms with Gasteiger partial charge < -0.3 is 0 Å². The highest BCUT2D eigenvalue weighted by Crippen LogP contribution is 2.64. The first-order valence-corrected chi connectivity index (χ1v) is 8.95. The fourth-order valence-electron chi connectivity index (χ4n) is 2.93. The molecule has 0 N–H and O–H groups in total. The van der Waals surface area contributed by atoms with E-state index in [9.17, 15) is 4.79 Å². The Balaban J connectivity index is 1.91. The van der Waals surface area contributed by atoms with Crippen molar-refractivity contribution >= 4 is 29.6 Å². The Hall–Kier alpha value is -2.50. The second-order valence-electron chi connectivity index (χ2n) is 5.43. The van der Waals surface area contributed by atoms with Crippen molar-refractivity contribution in [3.05, 3.63) is 102 Å². The van der Waals surface area contributed by atoms with Crippen LogP contribution in [0.1, 0.15) is 11.1 Å². The maximum Gasteiger partial charge on any atom is 0.194 e. The molecule has 1 aliphatic heterocycles. The van der Waals surface area contributed by atoms with E-state index in [0.717, 1.165) is 22.0 Å². The summed E-state index contributed by atoms with van der Waals surface area (Å²) >= 11 is 0. The third-order valence-electron chi connectivity index (χ3n) is 4.00. The van der Waals surface area contributed by atoms with E-state index in [1.165, 1.54) is 5.31 Å². The van der Waals surface area contributed by atoms with Crippen molar-refractivity contribution in [3.8, 4) is 0 Å². The van der Waals surface area contributed by atoms with E-state index < -0.39 is 7.92 Å². The largest absolute Gasteiger partial charge is 0.288 e. The van der Waals surface area contributed by atoms with Crippen LogP contribution in [0.3, 0.4) is 0 Å². The first-order chi connectivity index (χ1) is 11.4. The molecule has 1 heterocycles. The van der Waals surface area contributed by atoms with Gasteiger partial charge in [-0.3, -0.25) is 4.79 Å². The molecular formula is C21H15OP. The fourth-order valence-corrected chi connectivity index (χ4v) is 5.26. The van der Waals surface area contributed by atoms with Gasteiger partial charge in [0.25, 0.3) is 0 Å². The predicted molar refractivity (Wildman–Crippen MR) is 97.7 cm³/mol. The first kappa shape index (κ1) is 14.1. The molecule has 0 bridgehead atoms. The van der Waals surface area contributed by atoms with Gasteiger partial charge in [-0.2, -0.15) is 0 Å². The van der Waals surface area contributed by atoms with E-state index in [1.54, 1.807) is 0 Å². The quantitative estimate of drug-likeness (QED) is 0.628. The van der Waals surface area contributed by atoms with Gasteiger partial charge in [0.15, 0.2) is 5.52 Å². The van der Waals surface area contributed by atoms with Gasteiger partial charge in [-0.05, 0) is 16.4 Å². The van der Waals surface area contributed by atoms with Crippen LogP contribution in [0.4, 0.5) is 0 Å². The number of hydrogen-bond donors (Lipinski definition) is 0. The van der Waals surface area contributed by atoms with Crippen molar-refractivity contribution in [3.63, 3.8) is 0 Å². The summed E-state index contributed by atoms with van der Waals surface area (Å²) in [6, 6.07) is 30.4. The van der Waals surface area contributed by atoms with E-state index in [-0.39, 0.29) is 5.52 Å². The SMILES string of the molecule is O=C1C(c2ccccc2)=C(c2ccccc2)P1c1ccccc1. The Kier molecular flexibility index (Phi) is 3.65. The van der Waals surface area contributed by atoms with E-state index in [0.29, 0.717) is 0 Å². The molecule has 1 nitrogen and oxygen atoms in total. The minimum absolute atomic E-state index is 0.274. The Morgan fingerprint density at radius 1 is 0.565 bits per heavy atom. The van der Waals surface area contributed by atoms with Crippen LogP contribution in [0, 0.1) is 0 Å². The van der Waals surface area contributed by atoms with Gasteiger partial charge in [0.2, 0.25) is 0 Å². The Morgan fingerprint density at radius 2 is 1.04 bits per heavy atom. The third kappa shape index (κ3) is 2.44. The van der Waals surface area contributed by atoms with Gasteiger partial charge in [0.05, 0.1) is 0 Å². The Labute approximate surface area is 137 Å². The minimum Gasteiger partial charge on any atom is -0.288 e. The molecule has 23 heavy (non-hydrogen) atoms. The minimum atomic E-state index is -0.916. The summed E-state index contributed by atoms with van der Waals surface area (Å²) in [6.45, 7) is 0. The third-order valence-corrected chi connectivity index (χ3v) is 6.37. The van der Waals surface area contributed by atoms with E-state index in [2.05, 4.69) is 24.3 Å². The lowest BCUT2D eigenvalue weighted by Gasteiger charge is -2.33. The van der Waals surface area contributed by atoms with Gasteiger partial charge in [-0.15, -0.1) is 0 Å². The van der Waals surface area contributed by atoms with Gasteiger partial charge in [0.1, 0.15) is 0 Å². The number of allylic oxidation sites excluding steroid dienone is 1. The van der Waals surface area contributed by atoms with E-state index >= 15 is 0 Å². The molecule has 2 heteroatoms. The van der Waals surface area contributed by atoms with Crippen LogP contribution < -0.4 is 5.30 Å². The van der Waals surface area contributed by atoms with Crippen molar-refractivity contribution in [2.45, 2.75) is 0 Å². The molecule has 0 aliphatic carbocycles. The number of carbonyl (C=O) groups excluding carboxylic acids is 1.